The van der Waals surface area contributed by atoms with Crippen molar-refractivity contribution in [2.24, 2.45) is 5.73 Å². The van der Waals surface area contributed by atoms with Gasteiger partial charge >= 0.3 is 0 Å². The Morgan fingerprint density at radius 1 is 1.79 bits per heavy atom. The van der Waals surface area contributed by atoms with Crippen LogP contribution in [-0.2, 0) is 0 Å². The fraction of sp³-hybridized carbons (Fsp3) is 0.500. The zero-order chi connectivity index (χ0) is 10.6. The van der Waals surface area contributed by atoms with Crippen molar-refractivity contribution in [2.45, 2.75) is 13.0 Å². The Labute approximate surface area is 81.5 Å². The molecular weight excluding hydrogens is 184 g/mol. The zero-order valence-corrected chi connectivity index (χ0v) is 8.20. The molecule has 0 aliphatic rings. The summed E-state index contributed by atoms with van der Waals surface area (Å²) in [7, 11) is 1.42. The predicted molar refractivity (Wildman–Crippen MR) is 53.5 cm³/mol. The molecule has 0 fully saturated rings. The highest BCUT2D eigenvalue weighted by Gasteiger charge is 2.10. The van der Waals surface area contributed by atoms with Gasteiger partial charge in [-0.2, -0.15) is 0 Å². The van der Waals surface area contributed by atoms with E-state index in [0.717, 1.165) is 0 Å². The van der Waals surface area contributed by atoms with Crippen LogP contribution < -0.4 is 21.3 Å². The minimum Gasteiger partial charge on any atom is -0.489 e. The Kier molecular flexibility index (Phi) is 3.47. The predicted octanol–water partition coefficient (Wildman–Crippen LogP) is -0.462. The van der Waals surface area contributed by atoms with Crippen LogP contribution in [0.3, 0.4) is 0 Å². The van der Waals surface area contributed by atoms with Gasteiger partial charge in [-0.3, -0.25) is 4.79 Å². The number of H-pyrrole nitrogens is 1. The summed E-state index contributed by atoms with van der Waals surface area (Å²) < 4.78 is 4.91. The third kappa shape index (κ3) is 2.23. The molecule has 0 spiro atoms. The molecule has 1 rings (SSSR count). The maximum absolute atomic E-state index is 11.2. The van der Waals surface area contributed by atoms with Crippen LogP contribution in [0.25, 0.3) is 0 Å². The number of nitrogens with one attached hydrogen (secondary N) is 2. The van der Waals surface area contributed by atoms with E-state index in [1.54, 1.807) is 0 Å². The SMILES string of the molecule is COc1c(NC(C)CN)nc[nH]c1=O. The third-order valence-electron chi connectivity index (χ3n) is 1.75. The highest BCUT2D eigenvalue weighted by Crippen LogP contribution is 2.14. The molecule has 1 atom stereocenters. The summed E-state index contributed by atoms with van der Waals surface area (Å²) in [5.74, 6) is 0.585. The van der Waals surface area contributed by atoms with E-state index in [9.17, 15) is 4.79 Å². The molecule has 6 nitrogen and oxygen atoms in total. The molecule has 0 aliphatic heterocycles. The van der Waals surface area contributed by atoms with Crippen molar-refractivity contribution in [1.82, 2.24) is 9.97 Å². The van der Waals surface area contributed by atoms with E-state index in [-0.39, 0.29) is 17.4 Å². The lowest BCUT2D eigenvalue weighted by atomic mass is 10.3. The van der Waals surface area contributed by atoms with Crippen molar-refractivity contribution >= 4 is 5.82 Å². The highest BCUT2D eigenvalue weighted by atomic mass is 16.5. The molecule has 6 heteroatoms. The van der Waals surface area contributed by atoms with Gasteiger partial charge in [0.1, 0.15) is 0 Å². The molecule has 1 aromatic heterocycles. The topological polar surface area (TPSA) is 93.0 Å². The number of nitrogens with two attached hydrogens (primary N) is 1. The van der Waals surface area contributed by atoms with Gasteiger partial charge in [0.2, 0.25) is 5.75 Å². The maximum Gasteiger partial charge on any atom is 0.295 e. The molecule has 1 heterocycles. The van der Waals surface area contributed by atoms with Crippen LogP contribution in [0.1, 0.15) is 6.92 Å². The standard InChI is InChI=1S/C8H14N4O2/c1-5(3-9)12-7-6(14-2)8(13)11-4-10-7/h4-5H,3,9H2,1-2H3,(H2,10,11,12,13). The van der Waals surface area contributed by atoms with E-state index in [1.807, 2.05) is 6.92 Å². The fourth-order valence-electron chi connectivity index (χ4n) is 0.972. The Bertz CT molecular complexity index is 349. The number of ether oxygens (including phenoxy) is 1. The average Bonchev–Trinajstić information content (AvgIpc) is 2.18. The molecule has 78 valence electrons. The Hall–Kier alpha value is -1.56. The number of aromatic amines is 1. The molecule has 0 bridgehead atoms. The van der Waals surface area contributed by atoms with Crippen molar-refractivity contribution in [2.75, 3.05) is 19.0 Å². The first kappa shape index (κ1) is 10.5. The second-order valence-corrected chi connectivity index (χ2v) is 2.89. The van der Waals surface area contributed by atoms with E-state index in [0.29, 0.717) is 12.4 Å². The highest BCUT2D eigenvalue weighted by molar-refractivity contribution is 5.48. The first-order valence-electron chi connectivity index (χ1n) is 4.27. The van der Waals surface area contributed by atoms with Gasteiger partial charge in [-0.1, -0.05) is 0 Å². The van der Waals surface area contributed by atoms with E-state index in [2.05, 4.69) is 15.3 Å². The summed E-state index contributed by atoms with van der Waals surface area (Å²) in [6.07, 6.45) is 1.32. The second-order valence-electron chi connectivity index (χ2n) is 2.89. The number of rotatable bonds is 4. The normalized spacial score (nSPS) is 12.2. The molecular formula is C8H14N4O2. The van der Waals surface area contributed by atoms with Crippen LogP contribution in [0.4, 0.5) is 5.82 Å². The second kappa shape index (κ2) is 4.61. The Morgan fingerprint density at radius 3 is 3.07 bits per heavy atom. The van der Waals surface area contributed by atoms with E-state index in [1.165, 1.54) is 13.4 Å². The Balaban J connectivity index is 2.96. The lowest BCUT2D eigenvalue weighted by molar-refractivity contribution is 0.407. The molecule has 4 N–H and O–H groups in total. The summed E-state index contributed by atoms with van der Waals surface area (Å²) >= 11 is 0. The van der Waals surface area contributed by atoms with Gasteiger partial charge in [0.25, 0.3) is 5.56 Å². The van der Waals surface area contributed by atoms with E-state index >= 15 is 0 Å². The average molecular weight is 198 g/mol. The first-order chi connectivity index (χ1) is 6.69. The van der Waals surface area contributed by atoms with Gasteiger partial charge in [0.15, 0.2) is 5.82 Å². The van der Waals surface area contributed by atoms with Crippen LogP contribution in [0, 0.1) is 0 Å². The number of hydrogen-bond donors (Lipinski definition) is 3. The van der Waals surface area contributed by atoms with Gasteiger partial charge in [-0.05, 0) is 6.92 Å². The van der Waals surface area contributed by atoms with Crippen molar-refractivity contribution in [1.29, 1.82) is 0 Å². The first-order valence-corrected chi connectivity index (χ1v) is 4.27. The molecule has 0 radical (unpaired) electrons. The molecule has 1 aromatic rings. The maximum atomic E-state index is 11.2. The van der Waals surface area contributed by atoms with E-state index in [4.69, 9.17) is 10.5 Å². The van der Waals surface area contributed by atoms with Crippen LogP contribution in [0.5, 0.6) is 5.75 Å². The van der Waals surface area contributed by atoms with Crippen molar-refractivity contribution in [3.63, 3.8) is 0 Å². The van der Waals surface area contributed by atoms with Crippen molar-refractivity contribution < 1.29 is 4.74 Å². The molecule has 14 heavy (non-hydrogen) atoms. The smallest absolute Gasteiger partial charge is 0.295 e. The van der Waals surface area contributed by atoms with Crippen LogP contribution >= 0.6 is 0 Å². The number of methoxy groups -OCH3 is 1. The summed E-state index contributed by atoms with van der Waals surface area (Å²) in [6.45, 7) is 2.35. The summed E-state index contributed by atoms with van der Waals surface area (Å²) in [5.41, 5.74) is 5.12. The number of anilines is 1. The monoisotopic (exact) mass is 198 g/mol. The molecule has 0 aliphatic carbocycles. The molecule has 0 amide bonds. The largest absolute Gasteiger partial charge is 0.489 e. The quantitative estimate of drug-likeness (QED) is 0.608. The van der Waals surface area contributed by atoms with Crippen LogP contribution in [-0.4, -0.2) is 29.7 Å². The number of hydrogen-bond acceptors (Lipinski definition) is 5. The van der Waals surface area contributed by atoms with E-state index < -0.39 is 0 Å². The van der Waals surface area contributed by atoms with Crippen molar-refractivity contribution in [3.05, 3.63) is 16.7 Å². The van der Waals surface area contributed by atoms with Crippen LogP contribution in [0.15, 0.2) is 11.1 Å². The van der Waals surface area contributed by atoms with Gasteiger partial charge < -0.3 is 20.8 Å². The van der Waals surface area contributed by atoms with Gasteiger partial charge in [-0.25, -0.2) is 4.98 Å². The minimum atomic E-state index is -0.311. The van der Waals surface area contributed by atoms with Gasteiger partial charge in [0.05, 0.1) is 13.4 Å². The molecule has 0 saturated carbocycles. The summed E-state index contributed by atoms with van der Waals surface area (Å²) in [5, 5.41) is 2.97. The lowest BCUT2D eigenvalue weighted by Gasteiger charge is -2.13. The zero-order valence-electron chi connectivity index (χ0n) is 8.20. The molecule has 0 saturated heterocycles. The molecule has 1 unspecified atom stereocenters. The van der Waals surface area contributed by atoms with Gasteiger partial charge in [-0.15, -0.1) is 0 Å². The van der Waals surface area contributed by atoms with Crippen LogP contribution in [0.2, 0.25) is 0 Å². The lowest BCUT2D eigenvalue weighted by Crippen LogP contribution is -2.27. The fourth-order valence-corrected chi connectivity index (χ4v) is 0.972. The Morgan fingerprint density at radius 2 is 2.50 bits per heavy atom. The van der Waals surface area contributed by atoms with Crippen molar-refractivity contribution in [3.8, 4) is 5.75 Å². The number of nitrogens with zero attached hydrogens (tertiary/aromatic N) is 1. The summed E-state index contributed by atoms with van der Waals surface area (Å²) in [6, 6.07) is 0.0400. The minimum absolute atomic E-state index is 0.0400. The van der Waals surface area contributed by atoms with Gasteiger partial charge in [0, 0.05) is 12.6 Å². The molecule has 0 aromatic carbocycles. The summed E-state index contributed by atoms with van der Waals surface area (Å²) in [4.78, 5) is 17.6. The third-order valence-corrected chi connectivity index (χ3v) is 1.75. The number of aromatic nitrogens is 2.